The van der Waals surface area contributed by atoms with Gasteiger partial charge in [0.2, 0.25) is 0 Å². The number of hydrogen-bond donors (Lipinski definition) is 1. The summed E-state index contributed by atoms with van der Waals surface area (Å²) >= 11 is 3.25. The van der Waals surface area contributed by atoms with Crippen LogP contribution in [0, 0.1) is 18.3 Å². The first-order valence-electron chi connectivity index (χ1n) is 6.11. The second kappa shape index (κ2) is 5.88. The van der Waals surface area contributed by atoms with Crippen LogP contribution in [0.15, 0.2) is 45.8 Å². The Hall–Kier alpha value is -1.84. The molecule has 0 atom stereocenters. The smallest absolute Gasteiger partial charge is 0.184 e. The van der Waals surface area contributed by atoms with E-state index in [1.54, 1.807) is 37.3 Å². The predicted octanol–water partition coefficient (Wildman–Crippen LogP) is 3.19. The molecule has 0 unspecified atom stereocenters. The lowest BCUT2D eigenvalue weighted by atomic mass is 10.1. The fourth-order valence-corrected chi connectivity index (χ4v) is 4.12. The molecule has 2 aromatic rings. The Morgan fingerprint density at radius 2 is 1.95 bits per heavy atom. The molecule has 0 aliphatic rings. The molecule has 0 bridgehead atoms. The quantitative estimate of drug-likeness (QED) is 0.847. The summed E-state index contributed by atoms with van der Waals surface area (Å²) in [6.45, 7) is 1.79. The molecule has 0 aliphatic carbocycles. The van der Waals surface area contributed by atoms with Crippen LogP contribution in [0.25, 0.3) is 0 Å². The molecular formula is C15H13BrN2O2S. The summed E-state index contributed by atoms with van der Waals surface area (Å²) in [5.41, 5.74) is 7.94. The van der Waals surface area contributed by atoms with E-state index in [2.05, 4.69) is 15.9 Å². The first-order valence-corrected chi connectivity index (χ1v) is 8.55. The number of sulfone groups is 1. The van der Waals surface area contributed by atoms with Crippen molar-refractivity contribution >= 4 is 31.5 Å². The van der Waals surface area contributed by atoms with E-state index >= 15 is 0 Å². The van der Waals surface area contributed by atoms with Gasteiger partial charge >= 0.3 is 0 Å². The van der Waals surface area contributed by atoms with E-state index in [0.29, 0.717) is 15.6 Å². The number of hydrogen-bond acceptors (Lipinski definition) is 4. The third-order valence-corrected chi connectivity index (χ3v) is 5.34. The van der Waals surface area contributed by atoms with Crippen LogP contribution in [-0.4, -0.2) is 8.42 Å². The number of anilines is 1. The number of aryl methyl sites for hydroxylation is 1. The largest absolute Gasteiger partial charge is 0.398 e. The Kier molecular flexibility index (Phi) is 4.35. The van der Waals surface area contributed by atoms with E-state index in [-0.39, 0.29) is 16.3 Å². The third kappa shape index (κ3) is 3.43. The van der Waals surface area contributed by atoms with Crippen molar-refractivity contribution in [1.29, 1.82) is 5.26 Å². The maximum atomic E-state index is 12.5. The molecule has 0 aliphatic heterocycles. The zero-order chi connectivity index (χ0) is 15.6. The first kappa shape index (κ1) is 15.5. The van der Waals surface area contributed by atoms with E-state index in [1.165, 1.54) is 6.07 Å². The van der Waals surface area contributed by atoms with Crippen molar-refractivity contribution in [3.8, 4) is 6.07 Å². The lowest BCUT2D eigenvalue weighted by Gasteiger charge is -2.10. The molecule has 0 radical (unpaired) electrons. The maximum Gasteiger partial charge on any atom is 0.184 e. The lowest BCUT2D eigenvalue weighted by Crippen LogP contribution is -2.09. The van der Waals surface area contributed by atoms with Gasteiger partial charge in [-0.1, -0.05) is 22.0 Å². The van der Waals surface area contributed by atoms with Crippen molar-refractivity contribution in [2.75, 3.05) is 5.73 Å². The highest BCUT2D eigenvalue weighted by atomic mass is 79.9. The van der Waals surface area contributed by atoms with Crippen LogP contribution < -0.4 is 5.73 Å². The molecule has 0 aromatic heterocycles. The van der Waals surface area contributed by atoms with E-state index in [4.69, 9.17) is 11.0 Å². The minimum Gasteiger partial charge on any atom is -0.398 e. The summed E-state index contributed by atoms with van der Waals surface area (Å²) in [5, 5.41) is 8.84. The number of rotatable bonds is 3. The topological polar surface area (TPSA) is 84.0 Å². The Morgan fingerprint density at radius 1 is 1.24 bits per heavy atom. The zero-order valence-corrected chi connectivity index (χ0v) is 13.7. The fraction of sp³-hybridized carbons (Fsp3) is 0.133. The van der Waals surface area contributed by atoms with Gasteiger partial charge in [0.25, 0.3) is 0 Å². The van der Waals surface area contributed by atoms with Crippen LogP contribution in [0.5, 0.6) is 0 Å². The van der Waals surface area contributed by atoms with Gasteiger partial charge in [0.05, 0.1) is 28.0 Å². The van der Waals surface area contributed by atoms with Crippen molar-refractivity contribution in [3.63, 3.8) is 0 Å². The molecule has 0 heterocycles. The molecule has 6 heteroatoms. The van der Waals surface area contributed by atoms with Crippen molar-refractivity contribution in [2.45, 2.75) is 17.6 Å². The van der Waals surface area contributed by atoms with E-state index in [9.17, 15) is 8.42 Å². The molecule has 2 aromatic carbocycles. The Labute approximate surface area is 132 Å². The minimum atomic E-state index is -3.55. The summed E-state index contributed by atoms with van der Waals surface area (Å²) in [6, 6.07) is 11.7. The summed E-state index contributed by atoms with van der Waals surface area (Å²) in [6.07, 6.45) is 0. The number of nitrogen functional groups attached to an aromatic ring is 1. The van der Waals surface area contributed by atoms with Gasteiger partial charge < -0.3 is 5.73 Å². The van der Waals surface area contributed by atoms with Crippen LogP contribution in [0.1, 0.15) is 16.7 Å². The second-order valence-corrected chi connectivity index (χ2v) is 7.57. The summed E-state index contributed by atoms with van der Waals surface area (Å²) in [5.74, 6) is -0.148. The lowest BCUT2D eigenvalue weighted by molar-refractivity contribution is 0.595. The Balaban J connectivity index is 2.43. The van der Waals surface area contributed by atoms with Gasteiger partial charge in [-0.3, -0.25) is 0 Å². The summed E-state index contributed by atoms with van der Waals surface area (Å²) in [7, 11) is -3.55. The molecule has 2 N–H and O–H groups in total. The number of benzene rings is 2. The molecule has 21 heavy (non-hydrogen) atoms. The van der Waals surface area contributed by atoms with Crippen LogP contribution in [-0.2, 0) is 15.6 Å². The predicted molar refractivity (Wildman–Crippen MR) is 85.3 cm³/mol. The summed E-state index contributed by atoms with van der Waals surface area (Å²) in [4.78, 5) is 0.112. The molecule has 0 spiro atoms. The average Bonchev–Trinajstić information content (AvgIpc) is 2.43. The highest BCUT2D eigenvalue weighted by molar-refractivity contribution is 9.10. The highest BCUT2D eigenvalue weighted by Gasteiger charge is 2.20. The van der Waals surface area contributed by atoms with Crippen molar-refractivity contribution in [1.82, 2.24) is 0 Å². The molecule has 0 fully saturated rings. The number of nitrogens with two attached hydrogens (primary N) is 1. The van der Waals surface area contributed by atoms with Gasteiger partial charge in [-0.25, -0.2) is 8.42 Å². The zero-order valence-electron chi connectivity index (χ0n) is 11.3. The average molecular weight is 365 g/mol. The molecule has 0 saturated carbocycles. The Bertz CT molecular complexity index is 839. The fourth-order valence-electron chi connectivity index (χ4n) is 1.99. The van der Waals surface area contributed by atoms with E-state index in [0.717, 1.165) is 5.56 Å². The van der Waals surface area contributed by atoms with E-state index in [1.807, 2.05) is 6.07 Å². The van der Waals surface area contributed by atoms with Crippen LogP contribution >= 0.6 is 15.9 Å². The van der Waals surface area contributed by atoms with Crippen molar-refractivity contribution in [3.05, 3.63) is 57.6 Å². The molecular weight excluding hydrogens is 352 g/mol. The van der Waals surface area contributed by atoms with Gasteiger partial charge in [0, 0.05) is 4.47 Å². The molecule has 2 rings (SSSR count). The number of nitriles is 1. The standard InChI is InChI=1S/C15H13BrN2O2S/c1-10-6-11(8-17)2-3-12(10)9-21(19,20)15-7-13(16)4-5-14(15)18/h2-7H,9,18H2,1H3. The monoisotopic (exact) mass is 364 g/mol. The maximum absolute atomic E-state index is 12.5. The van der Waals surface area contributed by atoms with Crippen LogP contribution in [0.2, 0.25) is 0 Å². The van der Waals surface area contributed by atoms with Gasteiger partial charge in [-0.2, -0.15) is 5.26 Å². The number of halogens is 1. The second-order valence-electron chi connectivity index (χ2n) is 4.69. The molecule has 108 valence electrons. The number of nitrogens with zero attached hydrogens (tertiary/aromatic N) is 1. The van der Waals surface area contributed by atoms with Crippen LogP contribution in [0.4, 0.5) is 5.69 Å². The first-order chi connectivity index (χ1) is 9.83. The van der Waals surface area contributed by atoms with Crippen molar-refractivity contribution in [2.24, 2.45) is 0 Å². The molecule has 0 saturated heterocycles. The normalized spacial score (nSPS) is 11.1. The third-order valence-electron chi connectivity index (χ3n) is 3.13. The SMILES string of the molecule is Cc1cc(C#N)ccc1CS(=O)(=O)c1cc(Br)ccc1N. The molecule has 0 amide bonds. The summed E-state index contributed by atoms with van der Waals surface area (Å²) < 4.78 is 25.7. The van der Waals surface area contributed by atoms with Gasteiger partial charge in [0.1, 0.15) is 0 Å². The van der Waals surface area contributed by atoms with Gasteiger partial charge in [0.15, 0.2) is 9.84 Å². The van der Waals surface area contributed by atoms with E-state index < -0.39 is 9.84 Å². The van der Waals surface area contributed by atoms with Gasteiger partial charge in [-0.05, 0) is 48.4 Å². The minimum absolute atomic E-state index is 0.112. The van der Waals surface area contributed by atoms with Gasteiger partial charge in [-0.15, -0.1) is 0 Å². The Morgan fingerprint density at radius 3 is 2.57 bits per heavy atom. The van der Waals surface area contributed by atoms with Crippen molar-refractivity contribution < 1.29 is 8.42 Å². The molecule has 4 nitrogen and oxygen atoms in total. The highest BCUT2D eigenvalue weighted by Crippen LogP contribution is 2.27. The van der Waals surface area contributed by atoms with Crippen LogP contribution in [0.3, 0.4) is 0 Å².